The molecule has 0 amide bonds. The van der Waals surface area contributed by atoms with Crippen LogP contribution in [0.3, 0.4) is 0 Å². The first-order valence-electron chi connectivity index (χ1n) is 9.60. The lowest BCUT2D eigenvalue weighted by molar-refractivity contribution is 0.404. The number of nitriles is 1. The van der Waals surface area contributed by atoms with Gasteiger partial charge in [-0.15, -0.1) is 11.3 Å². The van der Waals surface area contributed by atoms with E-state index in [2.05, 4.69) is 17.6 Å². The van der Waals surface area contributed by atoms with Crippen molar-refractivity contribution in [1.29, 1.82) is 5.26 Å². The van der Waals surface area contributed by atoms with E-state index in [1.54, 1.807) is 26.4 Å². The van der Waals surface area contributed by atoms with E-state index in [4.69, 9.17) is 19.8 Å². The summed E-state index contributed by atoms with van der Waals surface area (Å²) >= 11 is 1.50. The summed E-state index contributed by atoms with van der Waals surface area (Å²) < 4.78 is 12.8. The van der Waals surface area contributed by atoms with Crippen LogP contribution in [0, 0.1) is 11.3 Å². The number of methoxy groups -OCH3 is 2. The van der Waals surface area contributed by atoms with Crippen molar-refractivity contribution in [2.24, 2.45) is 10.1 Å². The summed E-state index contributed by atoms with van der Waals surface area (Å²) in [7, 11) is 3.27. The maximum Gasteiger partial charge on any atom is 0.206 e. The number of benzene rings is 2. The number of ether oxygens (including phenoxy) is 2. The van der Waals surface area contributed by atoms with Crippen LogP contribution in [0.15, 0.2) is 70.1 Å². The quantitative estimate of drug-likeness (QED) is 0.396. The summed E-state index contributed by atoms with van der Waals surface area (Å²) in [6.45, 7) is 8.33. The van der Waals surface area contributed by atoms with Gasteiger partial charge in [-0.2, -0.15) is 10.4 Å². The molecule has 0 bridgehead atoms. The zero-order valence-electron chi connectivity index (χ0n) is 18.0. The van der Waals surface area contributed by atoms with Gasteiger partial charge in [-0.3, -0.25) is 4.99 Å². The van der Waals surface area contributed by atoms with Crippen molar-refractivity contribution in [3.63, 3.8) is 0 Å². The maximum atomic E-state index is 9.04. The van der Waals surface area contributed by atoms with Crippen molar-refractivity contribution < 1.29 is 9.47 Å². The van der Waals surface area contributed by atoms with E-state index in [0.29, 0.717) is 17.9 Å². The summed E-state index contributed by atoms with van der Waals surface area (Å²) in [6.07, 6.45) is 0. The molecule has 0 fully saturated rings. The third-order valence-electron chi connectivity index (χ3n) is 4.53. The first-order chi connectivity index (χ1) is 15.0. The monoisotopic (exact) mass is 432 g/mol. The second kappa shape index (κ2) is 9.92. The van der Waals surface area contributed by atoms with E-state index < -0.39 is 0 Å². The highest BCUT2D eigenvalue weighted by molar-refractivity contribution is 7.07. The van der Waals surface area contributed by atoms with E-state index in [0.717, 1.165) is 38.7 Å². The Morgan fingerprint density at radius 3 is 2.48 bits per heavy atom. The molecule has 0 saturated heterocycles. The minimum Gasteiger partial charge on any atom is -0.497 e. The molecule has 7 heteroatoms. The Morgan fingerprint density at radius 2 is 1.87 bits per heavy atom. The average molecular weight is 433 g/mol. The van der Waals surface area contributed by atoms with Crippen LogP contribution in [0.2, 0.25) is 0 Å². The van der Waals surface area contributed by atoms with E-state index in [-0.39, 0.29) is 0 Å². The molecular formula is C24H24N4O2S. The lowest BCUT2D eigenvalue weighted by Gasteiger charge is -2.12. The second-order valence-electron chi connectivity index (χ2n) is 6.93. The molecule has 6 nitrogen and oxygen atoms in total. The first-order valence-corrected chi connectivity index (χ1v) is 10.5. The van der Waals surface area contributed by atoms with Gasteiger partial charge in [0, 0.05) is 10.9 Å². The van der Waals surface area contributed by atoms with Crippen LogP contribution in [-0.2, 0) is 0 Å². The Balaban J connectivity index is 2.20. The summed E-state index contributed by atoms with van der Waals surface area (Å²) in [5, 5.41) is 15.9. The van der Waals surface area contributed by atoms with Gasteiger partial charge >= 0.3 is 0 Å². The number of nitrogens with zero attached hydrogens (tertiary/aromatic N) is 4. The molecule has 0 aliphatic carbocycles. The normalized spacial score (nSPS) is 11.8. The fraction of sp³-hybridized carbons (Fsp3) is 0.208. The van der Waals surface area contributed by atoms with Gasteiger partial charge in [0.1, 0.15) is 11.5 Å². The summed E-state index contributed by atoms with van der Waals surface area (Å²) in [6, 6.07) is 15.1. The Bertz CT molecular complexity index is 1230. The Kier molecular flexibility index (Phi) is 7.06. The zero-order chi connectivity index (χ0) is 22.4. The van der Waals surface area contributed by atoms with Crippen LogP contribution in [0.4, 0.5) is 0 Å². The highest BCUT2D eigenvalue weighted by Crippen LogP contribution is 2.33. The Hall–Kier alpha value is -3.63. The highest BCUT2D eigenvalue weighted by Gasteiger charge is 2.15. The lowest BCUT2D eigenvalue weighted by Crippen LogP contribution is -2.15. The van der Waals surface area contributed by atoms with Crippen LogP contribution in [0.25, 0.3) is 11.3 Å². The smallest absolute Gasteiger partial charge is 0.206 e. The predicted molar refractivity (Wildman–Crippen MR) is 125 cm³/mol. The van der Waals surface area contributed by atoms with E-state index >= 15 is 0 Å². The van der Waals surface area contributed by atoms with Crippen molar-refractivity contribution >= 4 is 17.0 Å². The number of thiazole rings is 1. The third-order valence-corrected chi connectivity index (χ3v) is 5.39. The van der Waals surface area contributed by atoms with Crippen LogP contribution in [0.1, 0.15) is 25.0 Å². The zero-order valence-corrected chi connectivity index (χ0v) is 18.9. The molecular weight excluding hydrogens is 408 g/mol. The van der Waals surface area contributed by atoms with Crippen LogP contribution < -0.4 is 14.3 Å². The van der Waals surface area contributed by atoms with Gasteiger partial charge in [0.2, 0.25) is 4.80 Å². The molecule has 2 aromatic carbocycles. The molecule has 0 aliphatic rings. The molecule has 158 valence electrons. The third kappa shape index (κ3) is 5.11. The number of hydrogen-bond donors (Lipinski definition) is 0. The molecule has 0 N–H and O–H groups in total. The molecule has 3 rings (SSSR count). The highest BCUT2D eigenvalue weighted by atomic mass is 32.1. The SMILES string of the molecule is C=C(C)CN=c1scc(-c2cc(OC)ccc2OC)n1/N=C(\C)c1ccc(C#N)cc1. The van der Waals surface area contributed by atoms with Gasteiger partial charge in [-0.05, 0) is 49.7 Å². The fourth-order valence-corrected chi connectivity index (χ4v) is 3.72. The van der Waals surface area contributed by atoms with E-state index in [1.807, 2.05) is 54.2 Å². The summed E-state index contributed by atoms with van der Waals surface area (Å²) in [5.74, 6) is 1.44. The van der Waals surface area contributed by atoms with Crippen molar-refractivity contribution in [3.05, 3.63) is 75.9 Å². The van der Waals surface area contributed by atoms with Gasteiger partial charge in [-0.25, -0.2) is 4.68 Å². The molecule has 0 atom stereocenters. The minimum absolute atomic E-state index is 0.515. The van der Waals surface area contributed by atoms with Crippen LogP contribution in [0.5, 0.6) is 11.5 Å². The minimum atomic E-state index is 0.515. The van der Waals surface area contributed by atoms with E-state index in [9.17, 15) is 0 Å². The average Bonchev–Trinajstić information content (AvgIpc) is 3.19. The predicted octanol–water partition coefficient (Wildman–Crippen LogP) is 4.85. The van der Waals surface area contributed by atoms with Gasteiger partial charge in [-0.1, -0.05) is 24.3 Å². The standard InChI is InChI=1S/C24H24N4O2S/c1-16(2)14-26-24-28(27-17(3)19-8-6-18(13-25)7-9-19)22(15-31-24)21-12-20(29-4)10-11-23(21)30-5/h6-12,15H,1,14H2,2-5H3/b26-24?,27-17+. The maximum absolute atomic E-state index is 9.04. The molecule has 1 heterocycles. The number of aromatic nitrogens is 1. The molecule has 0 spiro atoms. The molecule has 0 saturated carbocycles. The Labute approximate surface area is 186 Å². The fourth-order valence-electron chi connectivity index (χ4n) is 2.90. The number of rotatable bonds is 7. The molecule has 0 radical (unpaired) electrons. The summed E-state index contributed by atoms with van der Waals surface area (Å²) in [5.41, 5.74) is 4.99. The van der Waals surface area contributed by atoms with Gasteiger partial charge in [0.05, 0.1) is 43.8 Å². The number of hydrogen-bond acceptors (Lipinski definition) is 6. The summed E-state index contributed by atoms with van der Waals surface area (Å²) in [4.78, 5) is 5.43. The van der Waals surface area contributed by atoms with E-state index in [1.165, 1.54) is 11.3 Å². The van der Waals surface area contributed by atoms with Crippen LogP contribution >= 0.6 is 11.3 Å². The molecule has 3 aromatic rings. The topological polar surface area (TPSA) is 71.9 Å². The molecule has 31 heavy (non-hydrogen) atoms. The van der Waals surface area contributed by atoms with Gasteiger partial charge in [0.15, 0.2) is 0 Å². The van der Waals surface area contributed by atoms with Gasteiger partial charge < -0.3 is 9.47 Å². The van der Waals surface area contributed by atoms with Crippen molar-refractivity contribution in [3.8, 4) is 28.8 Å². The Morgan fingerprint density at radius 1 is 1.13 bits per heavy atom. The lowest BCUT2D eigenvalue weighted by atomic mass is 10.1. The molecule has 0 aliphatic heterocycles. The molecule has 1 aromatic heterocycles. The van der Waals surface area contributed by atoms with Crippen LogP contribution in [-0.4, -0.2) is 31.2 Å². The second-order valence-corrected chi connectivity index (χ2v) is 7.77. The van der Waals surface area contributed by atoms with Crippen molar-refractivity contribution in [1.82, 2.24) is 4.68 Å². The van der Waals surface area contributed by atoms with Crippen molar-refractivity contribution in [2.75, 3.05) is 20.8 Å². The van der Waals surface area contributed by atoms with Crippen molar-refractivity contribution in [2.45, 2.75) is 13.8 Å². The van der Waals surface area contributed by atoms with Gasteiger partial charge in [0.25, 0.3) is 0 Å². The molecule has 0 unspecified atom stereocenters. The first kappa shape index (κ1) is 22.1. The largest absolute Gasteiger partial charge is 0.497 e.